The van der Waals surface area contributed by atoms with Crippen molar-refractivity contribution in [2.45, 2.75) is 19.3 Å². The molecule has 0 saturated heterocycles. The predicted molar refractivity (Wildman–Crippen MR) is 98.5 cm³/mol. The summed E-state index contributed by atoms with van der Waals surface area (Å²) in [4.78, 5) is 28.0. The first-order valence-corrected chi connectivity index (χ1v) is 8.97. The summed E-state index contributed by atoms with van der Waals surface area (Å²) in [5.41, 5.74) is 1.41. The van der Waals surface area contributed by atoms with E-state index in [-0.39, 0.29) is 18.8 Å². The number of thiazole rings is 1. The standard InChI is InChI=1S/C19H17FN2O3S/c20-13-8-10-14(11-9-13)21-17(23)12-25-19(24)7-3-6-18-22-15-4-1-2-5-16(15)26-18/h1-2,4-5,8-11H,3,6-7,12H2,(H,21,23). The fourth-order valence-corrected chi connectivity index (χ4v) is 3.37. The van der Waals surface area contributed by atoms with Crippen molar-refractivity contribution in [1.29, 1.82) is 0 Å². The Morgan fingerprint density at radius 1 is 1.12 bits per heavy atom. The Labute approximate surface area is 153 Å². The zero-order chi connectivity index (χ0) is 18.4. The van der Waals surface area contributed by atoms with Crippen molar-refractivity contribution in [3.63, 3.8) is 0 Å². The Bertz CT molecular complexity index is 876. The van der Waals surface area contributed by atoms with Crippen LogP contribution in [0.25, 0.3) is 10.2 Å². The quantitative estimate of drug-likeness (QED) is 0.638. The van der Waals surface area contributed by atoms with E-state index in [1.807, 2.05) is 24.3 Å². The van der Waals surface area contributed by atoms with E-state index in [2.05, 4.69) is 10.3 Å². The number of carbonyl (C=O) groups excluding carboxylic acids is 2. The number of aromatic nitrogens is 1. The molecule has 0 bridgehead atoms. The summed E-state index contributed by atoms with van der Waals surface area (Å²) in [6.45, 7) is -0.364. The molecule has 134 valence electrons. The summed E-state index contributed by atoms with van der Waals surface area (Å²) >= 11 is 1.62. The van der Waals surface area contributed by atoms with Gasteiger partial charge in [-0.1, -0.05) is 12.1 Å². The molecular formula is C19H17FN2O3S. The molecule has 1 aromatic heterocycles. The molecule has 1 amide bonds. The molecular weight excluding hydrogens is 355 g/mol. The maximum atomic E-state index is 12.8. The molecule has 1 N–H and O–H groups in total. The third kappa shape index (κ3) is 5.10. The van der Waals surface area contributed by atoms with Crippen LogP contribution in [0.15, 0.2) is 48.5 Å². The number of halogens is 1. The number of aryl methyl sites for hydroxylation is 1. The summed E-state index contributed by atoms with van der Waals surface area (Å²) in [7, 11) is 0. The Kier molecular flexibility index (Phi) is 5.91. The zero-order valence-corrected chi connectivity index (χ0v) is 14.7. The molecule has 3 aromatic rings. The van der Waals surface area contributed by atoms with Crippen molar-refractivity contribution >= 4 is 39.1 Å². The number of para-hydroxylation sites is 1. The molecule has 0 aliphatic carbocycles. The molecule has 26 heavy (non-hydrogen) atoms. The largest absolute Gasteiger partial charge is 0.456 e. The van der Waals surface area contributed by atoms with Crippen LogP contribution in [-0.4, -0.2) is 23.5 Å². The van der Waals surface area contributed by atoms with Crippen LogP contribution in [0.3, 0.4) is 0 Å². The van der Waals surface area contributed by atoms with Gasteiger partial charge in [0.25, 0.3) is 5.91 Å². The lowest BCUT2D eigenvalue weighted by atomic mass is 10.2. The normalized spacial score (nSPS) is 10.7. The number of amides is 1. The third-order valence-corrected chi connectivity index (χ3v) is 4.70. The second kappa shape index (κ2) is 8.53. The van der Waals surface area contributed by atoms with Crippen LogP contribution in [0.4, 0.5) is 10.1 Å². The Hall–Kier alpha value is -2.80. The van der Waals surface area contributed by atoms with Gasteiger partial charge in [-0.15, -0.1) is 11.3 Å². The molecule has 5 nitrogen and oxygen atoms in total. The SMILES string of the molecule is O=C(COC(=O)CCCc1nc2ccccc2s1)Nc1ccc(F)cc1. The van der Waals surface area contributed by atoms with Crippen molar-refractivity contribution in [2.24, 2.45) is 0 Å². The lowest BCUT2D eigenvalue weighted by Crippen LogP contribution is -2.20. The van der Waals surface area contributed by atoms with E-state index in [1.54, 1.807) is 11.3 Å². The maximum Gasteiger partial charge on any atom is 0.306 e. The molecule has 0 aliphatic rings. The Morgan fingerprint density at radius 2 is 1.88 bits per heavy atom. The van der Waals surface area contributed by atoms with Gasteiger partial charge in [-0.05, 0) is 49.2 Å². The van der Waals surface area contributed by atoms with Crippen LogP contribution in [0.5, 0.6) is 0 Å². The van der Waals surface area contributed by atoms with Crippen LogP contribution in [-0.2, 0) is 20.7 Å². The van der Waals surface area contributed by atoms with Crippen molar-refractivity contribution in [3.8, 4) is 0 Å². The molecule has 1 heterocycles. The van der Waals surface area contributed by atoms with Gasteiger partial charge < -0.3 is 10.1 Å². The van der Waals surface area contributed by atoms with Crippen LogP contribution in [0.1, 0.15) is 17.8 Å². The topological polar surface area (TPSA) is 68.3 Å². The number of ether oxygens (including phenoxy) is 1. The van der Waals surface area contributed by atoms with Crippen LogP contribution < -0.4 is 5.32 Å². The highest BCUT2D eigenvalue weighted by atomic mass is 32.1. The van der Waals surface area contributed by atoms with Crippen molar-refractivity contribution in [2.75, 3.05) is 11.9 Å². The summed E-state index contributed by atoms with van der Waals surface area (Å²) < 4.78 is 18.9. The summed E-state index contributed by atoms with van der Waals surface area (Å²) in [6, 6.07) is 13.3. The average Bonchev–Trinajstić information content (AvgIpc) is 3.05. The van der Waals surface area contributed by atoms with E-state index < -0.39 is 11.9 Å². The van der Waals surface area contributed by atoms with Gasteiger partial charge in [0.2, 0.25) is 0 Å². The number of benzene rings is 2. The van der Waals surface area contributed by atoms with Gasteiger partial charge in [0, 0.05) is 12.1 Å². The molecule has 2 aromatic carbocycles. The third-order valence-electron chi connectivity index (χ3n) is 3.60. The predicted octanol–water partition coefficient (Wildman–Crippen LogP) is 3.94. The first kappa shape index (κ1) is 18.0. The number of esters is 1. The number of fused-ring (bicyclic) bond motifs is 1. The highest BCUT2D eigenvalue weighted by Gasteiger charge is 2.09. The fraction of sp³-hybridized carbons (Fsp3) is 0.211. The molecule has 0 atom stereocenters. The number of anilines is 1. The maximum absolute atomic E-state index is 12.8. The van der Waals surface area contributed by atoms with Gasteiger partial charge in [-0.3, -0.25) is 9.59 Å². The second-order valence-corrected chi connectivity index (χ2v) is 6.76. The molecule has 0 fully saturated rings. The average molecular weight is 372 g/mol. The highest BCUT2D eigenvalue weighted by molar-refractivity contribution is 7.18. The number of nitrogens with one attached hydrogen (secondary N) is 1. The van der Waals surface area contributed by atoms with Gasteiger partial charge in [-0.2, -0.15) is 0 Å². The fourth-order valence-electron chi connectivity index (χ4n) is 2.36. The minimum absolute atomic E-state index is 0.222. The van der Waals surface area contributed by atoms with Gasteiger partial charge in [-0.25, -0.2) is 9.37 Å². The second-order valence-electron chi connectivity index (χ2n) is 5.64. The Morgan fingerprint density at radius 3 is 2.65 bits per heavy atom. The number of rotatable bonds is 7. The lowest BCUT2D eigenvalue weighted by Gasteiger charge is -2.06. The van der Waals surface area contributed by atoms with Gasteiger partial charge in [0.15, 0.2) is 6.61 Å². The molecule has 0 radical (unpaired) electrons. The summed E-state index contributed by atoms with van der Waals surface area (Å²) in [5.74, 6) is -1.28. The van der Waals surface area contributed by atoms with Gasteiger partial charge >= 0.3 is 5.97 Å². The smallest absolute Gasteiger partial charge is 0.306 e. The van der Waals surface area contributed by atoms with E-state index >= 15 is 0 Å². The van der Waals surface area contributed by atoms with Crippen LogP contribution in [0, 0.1) is 5.82 Å². The van der Waals surface area contributed by atoms with Crippen LogP contribution in [0.2, 0.25) is 0 Å². The van der Waals surface area contributed by atoms with E-state index in [9.17, 15) is 14.0 Å². The summed E-state index contributed by atoms with van der Waals surface area (Å²) in [5, 5.41) is 3.51. The van der Waals surface area contributed by atoms with E-state index in [4.69, 9.17) is 4.74 Å². The van der Waals surface area contributed by atoms with E-state index in [0.717, 1.165) is 15.2 Å². The Balaban J connectivity index is 1.37. The van der Waals surface area contributed by atoms with Gasteiger partial charge in [0.05, 0.1) is 15.2 Å². The number of nitrogens with zero attached hydrogens (tertiary/aromatic N) is 1. The van der Waals surface area contributed by atoms with Crippen molar-refractivity contribution in [3.05, 3.63) is 59.4 Å². The number of hydrogen-bond acceptors (Lipinski definition) is 5. The molecule has 3 rings (SSSR count). The number of carbonyl (C=O) groups is 2. The van der Waals surface area contributed by atoms with Crippen molar-refractivity contribution < 1.29 is 18.7 Å². The molecule has 7 heteroatoms. The van der Waals surface area contributed by atoms with E-state index in [0.29, 0.717) is 18.5 Å². The monoisotopic (exact) mass is 372 g/mol. The molecule has 0 spiro atoms. The lowest BCUT2D eigenvalue weighted by molar-refractivity contribution is -0.147. The molecule has 0 aliphatic heterocycles. The van der Waals surface area contributed by atoms with Crippen molar-refractivity contribution in [1.82, 2.24) is 4.98 Å². The number of hydrogen-bond donors (Lipinski definition) is 1. The molecule has 0 saturated carbocycles. The summed E-state index contributed by atoms with van der Waals surface area (Å²) in [6.07, 6.45) is 1.52. The zero-order valence-electron chi connectivity index (χ0n) is 13.9. The minimum Gasteiger partial charge on any atom is -0.456 e. The highest BCUT2D eigenvalue weighted by Crippen LogP contribution is 2.22. The van der Waals surface area contributed by atoms with E-state index in [1.165, 1.54) is 24.3 Å². The van der Waals surface area contributed by atoms with Crippen LogP contribution >= 0.6 is 11.3 Å². The minimum atomic E-state index is -0.462. The molecule has 0 unspecified atom stereocenters. The van der Waals surface area contributed by atoms with Gasteiger partial charge in [0.1, 0.15) is 5.82 Å². The first-order chi connectivity index (χ1) is 12.6. The first-order valence-electron chi connectivity index (χ1n) is 8.15.